The molecule has 0 atom stereocenters. The zero-order valence-corrected chi connectivity index (χ0v) is 15.3. The standard InChI is InChI=1S/C19H23N5O2/c1-4-23-9-7-16(21-23)12-20-19(25)17-8-10-24(22-17)13-26-18-6-5-14(2)11-15(18)3/h5-11H,4,12-13H2,1-3H3,(H,20,25). The highest BCUT2D eigenvalue weighted by Crippen LogP contribution is 2.19. The van der Waals surface area contributed by atoms with Gasteiger partial charge in [-0.1, -0.05) is 17.7 Å². The Morgan fingerprint density at radius 3 is 2.65 bits per heavy atom. The molecule has 0 aliphatic heterocycles. The second-order valence-electron chi connectivity index (χ2n) is 6.13. The van der Waals surface area contributed by atoms with Gasteiger partial charge in [-0.05, 0) is 44.5 Å². The lowest BCUT2D eigenvalue weighted by atomic mass is 10.1. The molecule has 0 bridgehead atoms. The Bertz CT molecular complexity index is 897. The van der Waals surface area contributed by atoms with Crippen LogP contribution in [0.5, 0.6) is 5.75 Å². The molecule has 1 amide bonds. The lowest BCUT2D eigenvalue weighted by Gasteiger charge is -2.09. The minimum Gasteiger partial charge on any atom is -0.471 e. The summed E-state index contributed by atoms with van der Waals surface area (Å²) in [6, 6.07) is 9.57. The summed E-state index contributed by atoms with van der Waals surface area (Å²) < 4.78 is 9.19. The molecule has 1 N–H and O–H groups in total. The molecule has 26 heavy (non-hydrogen) atoms. The molecular formula is C19H23N5O2. The van der Waals surface area contributed by atoms with E-state index < -0.39 is 0 Å². The average molecular weight is 353 g/mol. The van der Waals surface area contributed by atoms with Crippen LogP contribution in [-0.4, -0.2) is 25.5 Å². The third-order valence-electron chi connectivity index (χ3n) is 4.01. The van der Waals surface area contributed by atoms with Gasteiger partial charge in [-0.3, -0.25) is 9.48 Å². The van der Waals surface area contributed by atoms with Crippen molar-refractivity contribution in [1.29, 1.82) is 0 Å². The molecule has 1 aromatic carbocycles. The smallest absolute Gasteiger partial charge is 0.272 e. The topological polar surface area (TPSA) is 74.0 Å². The fourth-order valence-corrected chi connectivity index (χ4v) is 2.59. The van der Waals surface area contributed by atoms with Gasteiger partial charge in [-0.15, -0.1) is 0 Å². The number of carbonyl (C=O) groups excluding carboxylic acids is 1. The first-order chi connectivity index (χ1) is 12.5. The van der Waals surface area contributed by atoms with Crippen LogP contribution in [0, 0.1) is 13.8 Å². The van der Waals surface area contributed by atoms with Crippen LogP contribution in [0.4, 0.5) is 0 Å². The molecule has 0 spiro atoms. The Hall–Kier alpha value is -3.09. The molecule has 0 aliphatic carbocycles. The van der Waals surface area contributed by atoms with Crippen molar-refractivity contribution in [1.82, 2.24) is 24.9 Å². The normalized spacial score (nSPS) is 10.7. The van der Waals surface area contributed by atoms with Gasteiger partial charge >= 0.3 is 0 Å². The number of hydrogen-bond acceptors (Lipinski definition) is 4. The van der Waals surface area contributed by atoms with Crippen LogP contribution in [-0.2, 0) is 19.8 Å². The highest BCUT2D eigenvalue weighted by Gasteiger charge is 2.10. The van der Waals surface area contributed by atoms with E-state index in [0.29, 0.717) is 12.2 Å². The number of benzene rings is 1. The lowest BCUT2D eigenvalue weighted by molar-refractivity contribution is 0.0943. The van der Waals surface area contributed by atoms with Crippen molar-refractivity contribution in [3.05, 3.63) is 65.2 Å². The Labute approximate surface area is 152 Å². The molecule has 0 aliphatic rings. The van der Waals surface area contributed by atoms with Gasteiger partial charge in [-0.25, -0.2) is 4.68 Å². The summed E-state index contributed by atoms with van der Waals surface area (Å²) in [4.78, 5) is 12.2. The van der Waals surface area contributed by atoms with E-state index in [1.54, 1.807) is 16.9 Å². The number of hydrogen-bond donors (Lipinski definition) is 1. The second-order valence-corrected chi connectivity index (χ2v) is 6.13. The highest BCUT2D eigenvalue weighted by molar-refractivity contribution is 5.92. The predicted molar refractivity (Wildman–Crippen MR) is 97.8 cm³/mol. The minimum absolute atomic E-state index is 0.235. The van der Waals surface area contributed by atoms with Gasteiger partial charge in [-0.2, -0.15) is 10.2 Å². The third kappa shape index (κ3) is 4.30. The summed E-state index contributed by atoms with van der Waals surface area (Å²) in [5.74, 6) is 0.574. The number of ether oxygens (including phenoxy) is 1. The summed E-state index contributed by atoms with van der Waals surface area (Å²) in [6.07, 6.45) is 3.62. The number of nitrogens with one attached hydrogen (secondary N) is 1. The lowest BCUT2D eigenvalue weighted by Crippen LogP contribution is -2.24. The van der Waals surface area contributed by atoms with Gasteiger partial charge in [0.2, 0.25) is 0 Å². The molecule has 3 rings (SSSR count). The number of nitrogens with zero attached hydrogens (tertiary/aromatic N) is 4. The molecule has 0 radical (unpaired) electrons. The van der Waals surface area contributed by atoms with E-state index in [2.05, 4.69) is 21.6 Å². The Kier molecular flexibility index (Phi) is 5.36. The molecule has 0 unspecified atom stereocenters. The van der Waals surface area contributed by atoms with Crippen molar-refractivity contribution in [2.45, 2.75) is 40.6 Å². The molecule has 136 valence electrons. The number of aromatic nitrogens is 4. The average Bonchev–Trinajstić information content (AvgIpc) is 3.28. The first-order valence-electron chi connectivity index (χ1n) is 8.59. The van der Waals surface area contributed by atoms with E-state index >= 15 is 0 Å². The number of amides is 1. The second kappa shape index (κ2) is 7.86. The molecule has 0 saturated carbocycles. The fraction of sp³-hybridized carbons (Fsp3) is 0.316. The molecule has 0 fully saturated rings. The van der Waals surface area contributed by atoms with Crippen LogP contribution in [0.3, 0.4) is 0 Å². The van der Waals surface area contributed by atoms with E-state index in [0.717, 1.165) is 23.6 Å². The molecular weight excluding hydrogens is 330 g/mol. The van der Waals surface area contributed by atoms with Crippen LogP contribution < -0.4 is 10.1 Å². The van der Waals surface area contributed by atoms with Gasteiger partial charge in [0.25, 0.3) is 5.91 Å². The van der Waals surface area contributed by atoms with Gasteiger partial charge < -0.3 is 10.1 Å². The van der Waals surface area contributed by atoms with Gasteiger partial charge in [0.1, 0.15) is 11.4 Å². The molecule has 0 saturated heterocycles. The van der Waals surface area contributed by atoms with Crippen molar-refractivity contribution in [2.24, 2.45) is 0 Å². The summed E-state index contributed by atoms with van der Waals surface area (Å²) in [5.41, 5.74) is 3.43. The Morgan fingerprint density at radius 1 is 1.12 bits per heavy atom. The largest absolute Gasteiger partial charge is 0.471 e. The number of aryl methyl sites for hydroxylation is 3. The van der Waals surface area contributed by atoms with E-state index in [1.165, 1.54) is 5.56 Å². The maximum absolute atomic E-state index is 12.2. The van der Waals surface area contributed by atoms with Crippen molar-refractivity contribution in [2.75, 3.05) is 0 Å². The summed E-state index contributed by atoms with van der Waals surface area (Å²) in [5, 5.41) is 11.4. The maximum Gasteiger partial charge on any atom is 0.272 e. The zero-order chi connectivity index (χ0) is 18.5. The van der Waals surface area contributed by atoms with Crippen LogP contribution in [0.25, 0.3) is 0 Å². The number of carbonyl (C=O) groups is 1. The molecule has 2 heterocycles. The molecule has 2 aromatic heterocycles. The number of rotatable bonds is 7. The summed E-state index contributed by atoms with van der Waals surface area (Å²) >= 11 is 0. The monoisotopic (exact) mass is 353 g/mol. The van der Waals surface area contributed by atoms with Gasteiger partial charge in [0.05, 0.1) is 12.2 Å². The van der Waals surface area contributed by atoms with Gasteiger partial charge in [0.15, 0.2) is 6.73 Å². The van der Waals surface area contributed by atoms with Crippen LogP contribution >= 0.6 is 0 Å². The fourth-order valence-electron chi connectivity index (χ4n) is 2.59. The maximum atomic E-state index is 12.2. The van der Waals surface area contributed by atoms with E-state index in [4.69, 9.17) is 4.74 Å². The third-order valence-corrected chi connectivity index (χ3v) is 4.01. The molecule has 7 nitrogen and oxygen atoms in total. The molecule has 3 aromatic rings. The zero-order valence-electron chi connectivity index (χ0n) is 15.3. The van der Waals surface area contributed by atoms with Gasteiger partial charge in [0, 0.05) is 18.9 Å². The van der Waals surface area contributed by atoms with Crippen LogP contribution in [0.15, 0.2) is 42.7 Å². The highest BCUT2D eigenvalue weighted by atomic mass is 16.5. The van der Waals surface area contributed by atoms with Crippen LogP contribution in [0.2, 0.25) is 0 Å². The van der Waals surface area contributed by atoms with Crippen LogP contribution in [0.1, 0.15) is 34.2 Å². The van der Waals surface area contributed by atoms with E-state index in [1.807, 2.05) is 49.8 Å². The van der Waals surface area contributed by atoms with Crippen molar-refractivity contribution < 1.29 is 9.53 Å². The van der Waals surface area contributed by atoms with Crippen molar-refractivity contribution in [3.63, 3.8) is 0 Å². The Morgan fingerprint density at radius 2 is 1.92 bits per heavy atom. The van der Waals surface area contributed by atoms with Crippen molar-refractivity contribution in [3.8, 4) is 5.75 Å². The van der Waals surface area contributed by atoms with Crippen molar-refractivity contribution >= 4 is 5.91 Å². The van der Waals surface area contributed by atoms with E-state index in [9.17, 15) is 4.79 Å². The predicted octanol–water partition coefficient (Wildman–Crippen LogP) is 2.68. The summed E-state index contributed by atoms with van der Waals surface area (Å²) in [6.45, 7) is 7.49. The Balaban J connectivity index is 1.54. The first kappa shape index (κ1) is 17.7. The summed E-state index contributed by atoms with van der Waals surface area (Å²) in [7, 11) is 0. The molecule has 7 heteroatoms. The quantitative estimate of drug-likeness (QED) is 0.709. The first-order valence-corrected chi connectivity index (χ1v) is 8.59. The minimum atomic E-state index is -0.235. The SMILES string of the molecule is CCn1ccc(CNC(=O)c2ccn(COc3ccc(C)cc3C)n2)n1. The van der Waals surface area contributed by atoms with E-state index in [-0.39, 0.29) is 12.6 Å².